The smallest absolute Gasteiger partial charge is 0.303 e. The van der Waals surface area contributed by atoms with E-state index in [9.17, 15) is 4.79 Å². The van der Waals surface area contributed by atoms with Crippen molar-refractivity contribution in [1.29, 1.82) is 0 Å². The molecule has 3 N–H and O–H groups in total. The van der Waals surface area contributed by atoms with Crippen LogP contribution in [-0.4, -0.2) is 17.6 Å². The lowest BCUT2D eigenvalue weighted by atomic mass is 9.51. The highest BCUT2D eigenvalue weighted by atomic mass is 16.4. The van der Waals surface area contributed by atoms with Crippen molar-refractivity contribution in [3.8, 4) is 0 Å². The average molecular weight is 209 g/mol. The fraction of sp³-hybridized carbons (Fsp3) is 0.750. The molecule has 1 saturated carbocycles. The third-order valence-electron chi connectivity index (χ3n) is 4.31. The van der Waals surface area contributed by atoms with Crippen molar-refractivity contribution >= 4 is 5.97 Å². The van der Waals surface area contributed by atoms with Crippen LogP contribution in [0.2, 0.25) is 0 Å². The Hall–Kier alpha value is -0.830. The Morgan fingerprint density at radius 3 is 2.87 bits per heavy atom. The molecule has 2 aliphatic rings. The molecule has 3 nitrogen and oxygen atoms in total. The summed E-state index contributed by atoms with van der Waals surface area (Å²) < 4.78 is 0. The van der Waals surface area contributed by atoms with Gasteiger partial charge in [-0.25, -0.2) is 0 Å². The maximum absolute atomic E-state index is 10.8. The van der Waals surface area contributed by atoms with E-state index in [0.29, 0.717) is 24.3 Å². The van der Waals surface area contributed by atoms with E-state index in [1.807, 2.05) is 0 Å². The molecule has 0 heterocycles. The fourth-order valence-corrected chi connectivity index (χ4v) is 3.42. The van der Waals surface area contributed by atoms with E-state index in [2.05, 4.69) is 19.1 Å². The molecule has 0 radical (unpaired) electrons. The van der Waals surface area contributed by atoms with Gasteiger partial charge in [0.05, 0.1) is 6.42 Å². The Labute approximate surface area is 90.3 Å². The first-order valence-corrected chi connectivity index (χ1v) is 5.73. The molecule has 0 aliphatic heterocycles. The van der Waals surface area contributed by atoms with Gasteiger partial charge in [-0.3, -0.25) is 4.79 Å². The molecule has 15 heavy (non-hydrogen) atoms. The number of rotatable bonds is 4. The summed E-state index contributed by atoms with van der Waals surface area (Å²) in [6.45, 7) is 2.69. The Kier molecular flexibility index (Phi) is 2.59. The van der Waals surface area contributed by atoms with Crippen molar-refractivity contribution in [2.75, 3.05) is 6.54 Å². The molecule has 0 saturated heterocycles. The molecule has 2 aliphatic carbocycles. The first kappa shape index (κ1) is 10.7. The SMILES string of the molecule is CCC1C=C[C@@H]2[C@H]1C[C@]2(CN)CC(=O)O. The number of carbonyl (C=O) groups is 1. The number of hydrogen-bond acceptors (Lipinski definition) is 2. The van der Waals surface area contributed by atoms with Crippen LogP contribution in [-0.2, 0) is 4.79 Å². The first-order valence-electron chi connectivity index (χ1n) is 5.73. The summed E-state index contributed by atoms with van der Waals surface area (Å²) in [6, 6.07) is 0. The number of nitrogens with two attached hydrogens (primary N) is 1. The molecular weight excluding hydrogens is 190 g/mol. The molecular formula is C12H19NO2. The van der Waals surface area contributed by atoms with Gasteiger partial charge in [-0.2, -0.15) is 0 Å². The number of fused-ring (bicyclic) bond motifs is 1. The van der Waals surface area contributed by atoms with Crippen molar-refractivity contribution in [2.24, 2.45) is 28.9 Å². The zero-order valence-corrected chi connectivity index (χ0v) is 9.15. The molecule has 2 rings (SSSR count). The van der Waals surface area contributed by atoms with Gasteiger partial charge in [0, 0.05) is 0 Å². The van der Waals surface area contributed by atoms with E-state index in [0.717, 1.165) is 12.8 Å². The van der Waals surface area contributed by atoms with Gasteiger partial charge in [0.15, 0.2) is 0 Å². The van der Waals surface area contributed by atoms with Crippen LogP contribution in [0.1, 0.15) is 26.2 Å². The minimum atomic E-state index is -0.716. The summed E-state index contributed by atoms with van der Waals surface area (Å²) in [5.74, 6) is 1.03. The molecule has 0 bridgehead atoms. The number of hydrogen-bond donors (Lipinski definition) is 2. The molecule has 0 amide bonds. The average Bonchev–Trinajstić information content (AvgIpc) is 2.52. The Morgan fingerprint density at radius 2 is 2.33 bits per heavy atom. The highest BCUT2D eigenvalue weighted by molar-refractivity contribution is 5.68. The van der Waals surface area contributed by atoms with Crippen LogP contribution in [0.3, 0.4) is 0 Å². The standard InChI is InChI=1S/C12H19NO2/c1-2-8-3-4-10-9(8)5-12(10,7-13)6-11(14)15/h3-4,8-10H,2,5-7,13H2,1H3,(H,14,15)/t8?,9-,10+,12+/m0/s1. The maximum Gasteiger partial charge on any atom is 0.303 e. The van der Waals surface area contributed by atoms with E-state index >= 15 is 0 Å². The van der Waals surface area contributed by atoms with Crippen LogP contribution in [0.25, 0.3) is 0 Å². The zero-order chi connectivity index (χ0) is 11.1. The van der Waals surface area contributed by atoms with Crippen LogP contribution in [0.4, 0.5) is 0 Å². The highest BCUT2D eigenvalue weighted by Gasteiger charge is 2.56. The minimum absolute atomic E-state index is 0.142. The van der Waals surface area contributed by atoms with Gasteiger partial charge in [0.25, 0.3) is 0 Å². The Balaban J connectivity index is 2.08. The van der Waals surface area contributed by atoms with E-state index in [-0.39, 0.29) is 11.8 Å². The second kappa shape index (κ2) is 3.63. The summed E-state index contributed by atoms with van der Waals surface area (Å²) in [7, 11) is 0. The third kappa shape index (κ3) is 1.49. The number of carboxylic acid groups (broad SMARTS) is 1. The quantitative estimate of drug-likeness (QED) is 0.692. The number of aliphatic carboxylic acids is 1. The Morgan fingerprint density at radius 1 is 1.60 bits per heavy atom. The highest BCUT2D eigenvalue weighted by Crippen LogP contribution is 2.60. The van der Waals surface area contributed by atoms with Gasteiger partial charge in [0.1, 0.15) is 0 Å². The molecule has 4 atom stereocenters. The second-order valence-corrected chi connectivity index (χ2v) is 4.99. The van der Waals surface area contributed by atoms with E-state index < -0.39 is 5.97 Å². The lowest BCUT2D eigenvalue weighted by molar-refractivity contribution is -0.145. The van der Waals surface area contributed by atoms with Crippen molar-refractivity contribution < 1.29 is 9.90 Å². The van der Waals surface area contributed by atoms with Gasteiger partial charge < -0.3 is 10.8 Å². The molecule has 0 aromatic carbocycles. The molecule has 0 spiro atoms. The van der Waals surface area contributed by atoms with Crippen LogP contribution in [0, 0.1) is 23.2 Å². The monoisotopic (exact) mass is 209 g/mol. The summed E-state index contributed by atoms with van der Waals surface area (Å²) in [4.78, 5) is 10.8. The topological polar surface area (TPSA) is 63.3 Å². The predicted octanol–water partition coefficient (Wildman–Crippen LogP) is 1.64. The lowest BCUT2D eigenvalue weighted by Gasteiger charge is -2.53. The van der Waals surface area contributed by atoms with Gasteiger partial charge in [-0.1, -0.05) is 19.1 Å². The molecule has 1 fully saturated rings. The van der Waals surface area contributed by atoms with Crippen LogP contribution < -0.4 is 5.73 Å². The Bertz CT molecular complexity index is 300. The molecule has 3 heteroatoms. The van der Waals surface area contributed by atoms with Crippen LogP contribution in [0.5, 0.6) is 0 Å². The van der Waals surface area contributed by atoms with E-state index in [1.54, 1.807) is 0 Å². The van der Waals surface area contributed by atoms with Gasteiger partial charge in [-0.05, 0) is 42.6 Å². The van der Waals surface area contributed by atoms with Crippen LogP contribution >= 0.6 is 0 Å². The first-order chi connectivity index (χ1) is 7.13. The van der Waals surface area contributed by atoms with E-state index in [4.69, 9.17) is 10.8 Å². The van der Waals surface area contributed by atoms with Crippen molar-refractivity contribution in [1.82, 2.24) is 0 Å². The number of allylic oxidation sites excluding steroid dienone is 2. The second-order valence-electron chi connectivity index (χ2n) is 4.99. The predicted molar refractivity (Wildman–Crippen MR) is 58.3 cm³/mol. The third-order valence-corrected chi connectivity index (χ3v) is 4.31. The lowest BCUT2D eigenvalue weighted by Crippen LogP contribution is -2.52. The number of carboxylic acids is 1. The largest absolute Gasteiger partial charge is 0.481 e. The normalized spacial score (nSPS) is 42.4. The minimum Gasteiger partial charge on any atom is -0.481 e. The summed E-state index contributed by atoms with van der Waals surface area (Å²) in [5, 5.41) is 8.91. The molecule has 0 aromatic heterocycles. The molecule has 84 valence electrons. The summed E-state index contributed by atoms with van der Waals surface area (Å²) >= 11 is 0. The van der Waals surface area contributed by atoms with Gasteiger partial charge >= 0.3 is 5.97 Å². The van der Waals surface area contributed by atoms with E-state index in [1.165, 1.54) is 0 Å². The van der Waals surface area contributed by atoms with Crippen molar-refractivity contribution in [2.45, 2.75) is 26.2 Å². The summed E-state index contributed by atoms with van der Waals surface area (Å²) in [6.07, 6.45) is 6.84. The zero-order valence-electron chi connectivity index (χ0n) is 9.15. The van der Waals surface area contributed by atoms with Crippen LogP contribution in [0.15, 0.2) is 12.2 Å². The van der Waals surface area contributed by atoms with Crippen molar-refractivity contribution in [3.05, 3.63) is 12.2 Å². The summed E-state index contributed by atoms with van der Waals surface area (Å²) in [5.41, 5.74) is 5.62. The van der Waals surface area contributed by atoms with Crippen molar-refractivity contribution in [3.63, 3.8) is 0 Å². The van der Waals surface area contributed by atoms with Gasteiger partial charge in [-0.15, -0.1) is 0 Å². The fourth-order valence-electron chi connectivity index (χ4n) is 3.42. The molecule has 0 aromatic rings. The van der Waals surface area contributed by atoms with Gasteiger partial charge in [0.2, 0.25) is 0 Å². The molecule has 1 unspecified atom stereocenters. The maximum atomic E-state index is 10.8.